The van der Waals surface area contributed by atoms with Gasteiger partial charge in [0.25, 0.3) is 5.91 Å². The van der Waals surface area contributed by atoms with E-state index in [9.17, 15) is 9.59 Å². The van der Waals surface area contributed by atoms with Crippen LogP contribution in [-0.4, -0.2) is 24.5 Å². The Labute approximate surface area is 136 Å². The SMILES string of the molecule is O=C(C[C@H]1C=CCC1)Nc1ccc(NC(=O)[C@@H]2CCCO2)cc1. The lowest BCUT2D eigenvalue weighted by Crippen LogP contribution is -2.26. The molecule has 0 radical (unpaired) electrons. The van der Waals surface area contributed by atoms with Crippen LogP contribution in [0.15, 0.2) is 36.4 Å². The number of allylic oxidation sites excluding steroid dienone is 2. The van der Waals surface area contributed by atoms with E-state index < -0.39 is 0 Å². The van der Waals surface area contributed by atoms with E-state index in [0.29, 0.717) is 24.6 Å². The molecular formula is C18H22N2O3. The zero-order valence-electron chi connectivity index (χ0n) is 13.1. The Kier molecular flexibility index (Phi) is 5.08. The van der Waals surface area contributed by atoms with E-state index >= 15 is 0 Å². The molecule has 5 heteroatoms. The molecule has 2 atom stereocenters. The Morgan fingerprint density at radius 1 is 1.09 bits per heavy atom. The number of hydrogen-bond acceptors (Lipinski definition) is 3. The van der Waals surface area contributed by atoms with E-state index in [1.807, 2.05) is 0 Å². The first kappa shape index (κ1) is 15.7. The van der Waals surface area contributed by atoms with E-state index in [-0.39, 0.29) is 17.9 Å². The molecule has 1 aromatic carbocycles. The lowest BCUT2D eigenvalue weighted by atomic mass is 10.1. The molecule has 3 rings (SSSR count). The third-order valence-corrected chi connectivity index (χ3v) is 4.22. The van der Waals surface area contributed by atoms with Gasteiger partial charge in [-0.1, -0.05) is 12.2 Å². The zero-order chi connectivity index (χ0) is 16.1. The first-order chi connectivity index (χ1) is 11.2. The highest BCUT2D eigenvalue weighted by molar-refractivity contribution is 5.95. The van der Waals surface area contributed by atoms with Gasteiger partial charge in [-0.2, -0.15) is 0 Å². The molecule has 2 aliphatic rings. The molecule has 1 aromatic rings. The minimum Gasteiger partial charge on any atom is -0.368 e. The molecule has 5 nitrogen and oxygen atoms in total. The van der Waals surface area contributed by atoms with E-state index in [0.717, 1.165) is 31.4 Å². The van der Waals surface area contributed by atoms with E-state index in [2.05, 4.69) is 22.8 Å². The highest BCUT2D eigenvalue weighted by Gasteiger charge is 2.23. The summed E-state index contributed by atoms with van der Waals surface area (Å²) in [5.74, 6) is 0.282. The number of benzene rings is 1. The van der Waals surface area contributed by atoms with Crippen molar-refractivity contribution >= 4 is 23.2 Å². The third kappa shape index (κ3) is 4.42. The van der Waals surface area contributed by atoms with Gasteiger partial charge in [0.05, 0.1) is 0 Å². The van der Waals surface area contributed by atoms with Crippen LogP contribution in [0.5, 0.6) is 0 Å². The fourth-order valence-electron chi connectivity index (χ4n) is 2.96. The third-order valence-electron chi connectivity index (χ3n) is 4.22. The molecule has 0 bridgehead atoms. The van der Waals surface area contributed by atoms with Crippen LogP contribution in [0.25, 0.3) is 0 Å². The van der Waals surface area contributed by atoms with Crippen molar-refractivity contribution in [1.82, 2.24) is 0 Å². The molecule has 2 N–H and O–H groups in total. The molecule has 0 spiro atoms. The number of ether oxygens (including phenoxy) is 1. The van der Waals surface area contributed by atoms with Gasteiger partial charge < -0.3 is 15.4 Å². The maximum atomic E-state index is 12.0. The fourth-order valence-corrected chi connectivity index (χ4v) is 2.96. The second-order valence-corrected chi connectivity index (χ2v) is 6.09. The number of anilines is 2. The molecule has 1 aliphatic carbocycles. The van der Waals surface area contributed by atoms with Gasteiger partial charge in [0, 0.05) is 24.4 Å². The van der Waals surface area contributed by atoms with Gasteiger partial charge >= 0.3 is 0 Å². The number of carbonyl (C=O) groups excluding carboxylic acids is 2. The van der Waals surface area contributed by atoms with Crippen LogP contribution in [0.3, 0.4) is 0 Å². The van der Waals surface area contributed by atoms with Gasteiger partial charge in [-0.3, -0.25) is 9.59 Å². The molecule has 122 valence electrons. The standard InChI is InChI=1S/C18H22N2O3/c21-17(12-13-4-1-2-5-13)19-14-7-9-15(10-8-14)20-18(22)16-6-3-11-23-16/h1,4,7-10,13,16H,2-3,5-6,11-12H2,(H,19,21)(H,20,22)/t13-,16-/m0/s1. The molecule has 2 amide bonds. The molecule has 0 saturated carbocycles. The Morgan fingerprint density at radius 3 is 2.43 bits per heavy atom. The van der Waals surface area contributed by atoms with Crippen molar-refractivity contribution < 1.29 is 14.3 Å². The van der Waals surface area contributed by atoms with Crippen molar-refractivity contribution in [3.8, 4) is 0 Å². The average Bonchev–Trinajstić information content (AvgIpc) is 3.22. The smallest absolute Gasteiger partial charge is 0.253 e. The molecule has 1 saturated heterocycles. The van der Waals surface area contributed by atoms with Gasteiger partial charge in [0.15, 0.2) is 0 Å². The van der Waals surface area contributed by atoms with E-state index in [1.165, 1.54) is 0 Å². The highest BCUT2D eigenvalue weighted by Crippen LogP contribution is 2.22. The number of amides is 2. The fraction of sp³-hybridized carbons (Fsp3) is 0.444. The first-order valence-electron chi connectivity index (χ1n) is 8.20. The van der Waals surface area contributed by atoms with Crippen LogP contribution < -0.4 is 10.6 Å². The summed E-state index contributed by atoms with van der Waals surface area (Å²) >= 11 is 0. The van der Waals surface area contributed by atoms with Crippen molar-refractivity contribution in [2.45, 2.75) is 38.2 Å². The molecule has 1 fully saturated rings. The molecular weight excluding hydrogens is 292 g/mol. The van der Waals surface area contributed by atoms with Crippen LogP contribution >= 0.6 is 0 Å². The Bertz CT molecular complexity index is 589. The first-order valence-corrected chi connectivity index (χ1v) is 8.20. The molecule has 1 aliphatic heterocycles. The topological polar surface area (TPSA) is 67.4 Å². The maximum Gasteiger partial charge on any atom is 0.253 e. The van der Waals surface area contributed by atoms with Crippen molar-refractivity contribution in [3.63, 3.8) is 0 Å². The number of rotatable bonds is 5. The van der Waals surface area contributed by atoms with Crippen molar-refractivity contribution in [2.24, 2.45) is 5.92 Å². The van der Waals surface area contributed by atoms with Gasteiger partial charge in [0.1, 0.15) is 6.10 Å². The van der Waals surface area contributed by atoms with Gasteiger partial charge in [-0.25, -0.2) is 0 Å². The highest BCUT2D eigenvalue weighted by atomic mass is 16.5. The van der Waals surface area contributed by atoms with E-state index in [4.69, 9.17) is 4.74 Å². The number of hydrogen-bond donors (Lipinski definition) is 2. The average molecular weight is 314 g/mol. The number of nitrogens with one attached hydrogen (secondary N) is 2. The predicted molar refractivity (Wildman–Crippen MR) is 89.2 cm³/mol. The summed E-state index contributed by atoms with van der Waals surface area (Å²) in [5.41, 5.74) is 1.45. The lowest BCUT2D eigenvalue weighted by Gasteiger charge is -2.12. The van der Waals surface area contributed by atoms with Gasteiger partial charge in [0.2, 0.25) is 5.91 Å². The monoisotopic (exact) mass is 314 g/mol. The summed E-state index contributed by atoms with van der Waals surface area (Å²) in [6.07, 6.45) is 8.25. The van der Waals surface area contributed by atoms with Crippen LogP contribution in [0.4, 0.5) is 11.4 Å². The van der Waals surface area contributed by atoms with Crippen molar-refractivity contribution in [1.29, 1.82) is 0 Å². The zero-order valence-corrected chi connectivity index (χ0v) is 13.1. The second-order valence-electron chi connectivity index (χ2n) is 6.09. The number of carbonyl (C=O) groups is 2. The largest absolute Gasteiger partial charge is 0.368 e. The summed E-state index contributed by atoms with van der Waals surface area (Å²) in [4.78, 5) is 23.9. The van der Waals surface area contributed by atoms with Crippen molar-refractivity contribution in [2.75, 3.05) is 17.2 Å². The van der Waals surface area contributed by atoms with Gasteiger partial charge in [-0.15, -0.1) is 0 Å². The van der Waals surface area contributed by atoms with Crippen LogP contribution in [0, 0.1) is 5.92 Å². The molecule has 1 heterocycles. The molecule has 0 unspecified atom stereocenters. The van der Waals surface area contributed by atoms with Crippen LogP contribution in [-0.2, 0) is 14.3 Å². The quantitative estimate of drug-likeness (QED) is 0.821. The lowest BCUT2D eigenvalue weighted by molar-refractivity contribution is -0.124. The molecule has 0 aromatic heterocycles. The minimum atomic E-state index is -0.339. The molecule has 23 heavy (non-hydrogen) atoms. The summed E-state index contributed by atoms with van der Waals surface area (Å²) in [6, 6.07) is 7.18. The second kappa shape index (κ2) is 7.42. The van der Waals surface area contributed by atoms with Crippen LogP contribution in [0.1, 0.15) is 32.1 Å². The summed E-state index contributed by atoms with van der Waals surface area (Å²) in [6.45, 7) is 0.652. The predicted octanol–water partition coefficient (Wildman–Crippen LogP) is 3.10. The summed E-state index contributed by atoms with van der Waals surface area (Å²) < 4.78 is 5.35. The normalized spacial score (nSPS) is 23.0. The van der Waals surface area contributed by atoms with Crippen LogP contribution in [0.2, 0.25) is 0 Å². The summed E-state index contributed by atoms with van der Waals surface area (Å²) in [7, 11) is 0. The Hall–Kier alpha value is -2.14. The maximum absolute atomic E-state index is 12.0. The summed E-state index contributed by atoms with van der Waals surface area (Å²) in [5, 5.41) is 5.73. The van der Waals surface area contributed by atoms with Crippen molar-refractivity contribution in [3.05, 3.63) is 36.4 Å². The Balaban J connectivity index is 1.49. The van der Waals surface area contributed by atoms with Gasteiger partial charge in [-0.05, 0) is 55.9 Å². The Morgan fingerprint density at radius 2 is 1.83 bits per heavy atom. The minimum absolute atomic E-state index is 0.0256. The van der Waals surface area contributed by atoms with E-state index in [1.54, 1.807) is 24.3 Å².